The monoisotopic (exact) mass is 403 g/mol. The van der Waals surface area contributed by atoms with Crippen molar-refractivity contribution < 1.29 is 4.79 Å². The van der Waals surface area contributed by atoms with Gasteiger partial charge in [-0.3, -0.25) is 14.6 Å². The number of rotatable bonds is 6. The molecular weight excluding hydrogens is 370 g/mol. The van der Waals surface area contributed by atoms with Crippen LogP contribution in [0.15, 0.2) is 60.7 Å². The first-order valence-electron chi connectivity index (χ1n) is 11.2. The van der Waals surface area contributed by atoms with Crippen LogP contribution in [-0.4, -0.2) is 66.9 Å². The zero-order valence-electron chi connectivity index (χ0n) is 18.0. The molecule has 1 saturated heterocycles. The van der Waals surface area contributed by atoms with Crippen LogP contribution in [0.5, 0.6) is 0 Å². The molecule has 2 aliphatic rings. The Labute approximate surface area is 180 Å². The third kappa shape index (κ3) is 5.18. The van der Waals surface area contributed by atoms with Crippen LogP contribution < -0.4 is 0 Å². The van der Waals surface area contributed by atoms with Gasteiger partial charge in [0, 0.05) is 39.8 Å². The Morgan fingerprint density at radius 3 is 2.50 bits per heavy atom. The number of carbonyl (C=O) groups is 1. The molecule has 30 heavy (non-hydrogen) atoms. The molecule has 0 saturated carbocycles. The van der Waals surface area contributed by atoms with Crippen molar-refractivity contribution in [3.8, 4) is 0 Å². The SMILES string of the molecule is CN(C(=O)CN1CCN(C/C=C/c2ccccc2)CC1)C1CCCc2ccccc21. The molecule has 1 atom stereocenters. The smallest absolute Gasteiger partial charge is 0.237 e. The van der Waals surface area contributed by atoms with E-state index in [-0.39, 0.29) is 11.9 Å². The highest BCUT2D eigenvalue weighted by Gasteiger charge is 2.28. The highest BCUT2D eigenvalue weighted by atomic mass is 16.2. The van der Waals surface area contributed by atoms with Crippen LogP contribution in [0.2, 0.25) is 0 Å². The lowest BCUT2D eigenvalue weighted by Gasteiger charge is -2.37. The Bertz CT molecular complexity index is 856. The second-order valence-corrected chi connectivity index (χ2v) is 8.50. The average molecular weight is 404 g/mol. The van der Waals surface area contributed by atoms with Crippen LogP contribution in [-0.2, 0) is 11.2 Å². The third-order valence-corrected chi connectivity index (χ3v) is 6.50. The van der Waals surface area contributed by atoms with E-state index in [0.29, 0.717) is 6.54 Å². The molecule has 1 fully saturated rings. The summed E-state index contributed by atoms with van der Waals surface area (Å²) in [4.78, 5) is 19.8. The summed E-state index contributed by atoms with van der Waals surface area (Å²) in [6.45, 7) is 5.45. The third-order valence-electron chi connectivity index (χ3n) is 6.50. The van der Waals surface area contributed by atoms with E-state index < -0.39 is 0 Å². The van der Waals surface area contributed by atoms with E-state index in [4.69, 9.17) is 0 Å². The highest BCUT2D eigenvalue weighted by molar-refractivity contribution is 5.78. The summed E-state index contributed by atoms with van der Waals surface area (Å²) < 4.78 is 0. The number of aryl methyl sites for hydroxylation is 1. The molecule has 0 spiro atoms. The summed E-state index contributed by atoms with van der Waals surface area (Å²) >= 11 is 0. The van der Waals surface area contributed by atoms with Gasteiger partial charge in [-0.2, -0.15) is 0 Å². The molecule has 2 aromatic carbocycles. The minimum atomic E-state index is 0.229. The zero-order chi connectivity index (χ0) is 20.8. The van der Waals surface area contributed by atoms with Crippen molar-refractivity contribution >= 4 is 12.0 Å². The minimum absolute atomic E-state index is 0.229. The zero-order valence-corrected chi connectivity index (χ0v) is 18.0. The van der Waals surface area contributed by atoms with Gasteiger partial charge in [-0.1, -0.05) is 66.7 Å². The van der Waals surface area contributed by atoms with Crippen molar-refractivity contribution in [1.82, 2.24) is 14.7 Å². The fourth-order valence-corrected chi connectivity index (χ4v) is 4.64. The number of likely N-dealkylation sites (N-methyl/N-ethyl adjacent to an activating group) is 1. The summed E-state index contributed by atoms with van der Waals surface area (Å²) in [5.74, 6) is 0.245. The second kappa shape index (κ2) is 10.1. The summed E-state index contributed by atoms with van der Waals surface area (Å²) in [5.41, 5.74) is 3.99. The van der Waals surface area contributed by atoms with Crippen molar-refractivity contribution in [1.29, 1.82) is 0 Å². The Kier molecular flexibility index (Phi) is 6.98. The van der Waals surface area contributed by atoms with E-state index in [9.17, 15) is 4.79 Å². The van der Waals surface area contributed by atoms with Crippen LogP contribution in [0.1, 0.15) is 35.6 Å². The van der Waals surface area contributed by atoms with E-state index in [0.717, 1.165) is 52.0 Å². The maximum atomic E-state index is 13.0. The fraction of sp³-hybridized carbons (Fsp3) is 0.423. The van der Waals surface area contributed by atoms with Crippen molar-refractivity contribution in [2.24, 2.45) is 0 Å². The van der Waals surface area contributed by atoms with E-state index in [2.05, 4.69) is 70.5 Å². The van der Waals surface area contributed by atoms with E-state index in [1.54, 1.807) is 0 Å². The number of hydrogen-bond donors (Lipinski definition) is 0. The summed E-state index contributed by atoms with van der Waals surface area (Å²) in [5, 5.41) is 0. The predicted molar refractivity (Wildman–Crippen MR) is 123 cm³/mol. The standard InChI is InChI=1S/C26H33N3O/c1-27(25-15-7-13-23-12-5-6-14-24(23)25)26(30)21-29-19-17-28(18-20-29)16-8-11-22-9-3-2-4-10-22/h2-6,8-12,14,25H,7,13,15-21H2,1H3/b11-8+. The largest absolute Gasteiger partial charge is 0.338 e. The highest BCUT2D eigenvalue weighted by Crippen LogP contribution is 2.33. The fourth-order valence-electron chi connectivity index (χ4n) is 4.64. The van der Waals surface area contributed by atoms with Gasteiger partial charge in [0.25, 0.3) is 0 Å². The van der Waals surface area contributed by atoms with E-state index in [1.807, 2.05) is 18.0 Å². The molecule has 2 aromatic rings. The second-order valence-electron chi connectivity index (χ2n) is 8.50. The molecule has 0 aromatic heterocycles. The molecular formula is C26H33N3O. The average Bonchev–Trinajstić information content (AvgIpc) is 2.80. The summed E-state index contributed by atoms with van der Waals surface area (Å²) in [7, 11) is 1.99. The van der Waals surface area contributed by atoms with Gasteiger partial charge in [-0.25, -0.2) is 0 Å². The summed E-state index contributed by atoms with van der Waals surface area (Å²) in [6.07, 6.45) is 7.79. The molecule has 0 N–H and O–H groups in total. The van der Waals surface area contributed by atoms with Crippen molar-refractivity contribution in [3.05, 3.63) is 77.4 Å². The van der Waals surface area contributed by atoms with Gasteiger partial charge in [0.05, 0.1) is 12.6 Å². The van der Waals surface area contributed by atoms with Crippen molar-refractivity contribution in [2.75, 3.05) is 46.3 Å². The molecule has 1 unspecified atom stereocenters. The molecule has 4 heteroatoms. The number of piperazine rings is 1. The molecule has 0 radical (unpaired) electrons. The van der Waals surface area contributed by atoms with E-state index in [1.165, 1.54) is 16.7 Å². The van der Waals surface area contributed by atoms with Crippen LogP contribution in [0.25, 0.3) is 6.08 Å². The van der Waals surface area contributed by atoms with Gasteiger partial charge in [0.15, 0.2) is 0 Å². The molecule has 1 heterocycles. The first-order chi connectivity index (χ1) is 14.7. The molecule has 158 valence electrons. The lowest BCUT2D eigenvalue weighted by molar-refractivity contribution is -0.134. The Morgan fingerprint density at radius 2 is 1.70 bits per heavy atom. The molecule has 1 amide bonds. The Hall–Kier alpha value is -2.43. The van der Waals surface area contributed by atoms with Crippen LogP contribution in [0.4, 0.5) is 0 Å². The molecule has 1 aliphatic heterocycles. The van der Waals surface area contributed by atoms with Crippen LogP contribution in [0.3, 0.4) is 0 Å². The number of carbonyl (C=O) groups excluding carboxylic acids is 1. The normalized spacial score (nSPS) is 20.2. The van der Waals surface area contributed by atoms with Crippen LogP contribution in [0, 0.1) is 0 Å². The number of amides is 1. The summed E-state index contributed by atoms with van der Waals surface area (Å²) in [6, 6.07) is 19.3. The maximum Gasteiger partial charge on any atom is 0.237 e. The van der Waals surface area contributed by atoms with Crippen molar-refractivity contribution in [2.45, 2.75) is 25.3 Å². The maximum absolute atomic E-state index is 13.0. The minimum Gasteiger partial charge on any atom is -0.338 e. The lowest BCUT2D eigenvalue weighted by atomic mass is 9.87. The van der Waals surface area contributed by atoms with Crippen molar-refractivity contribution in [3.63, 3.8) is 0 Å². The van der Waals surface area contributed by atoms with Gasteiger partial charge in [-0.15, -0.1) is 0 Å². The van der Waals surface area contributed by atoms with Gasteiger partial charge in [-0.05, 0) is 36.0 Å². The topological polar surface area (TPSA) is 26.8 Å². The molecule has 0 bridgehead atoms. The van der Waals surface area contributed by atoms with Gasteiger partial charge in [0.2, 0.25) is 5.91 Å². The van der Waals surface area contributed by atoms with Gasteiger partial charge in [0.1, 0.15) is 0 Å². The number of fused-ring (bicyclic) bond motifs is 1. The van der Waals surface area contributed by atoms with Crippen LogP contribution >= 0.6 is 0 Å². The lowest BCUT2D eigenvalue weighted by Crippen LogP contribution is -2.50. The van der Waals surface area contributed by atoms with Gasteiger partial charge < -0.3 is 4.90 Å². The first kappa shape index (κ1) is 20.8. The number of benzene rings is 2. The molecule has 4 nitrogen and oxygen atoms in total. The first-order valence-corrected chi connectivity index (χ1v) is 11.2. The number of hydrogen-bond acceptors (Lipinski definition) is 3. The predicted octanol–water partition coefficient (Wildman–Crippen LogP) is 3.85. The molecule has 4 rings (SSSR count). The van der Waals surface area contributed by atoms with E-state index >= 15 is 0 Å². The quantitative estimate of drug-likeness (QED) is 0.733. The van der Waals surface area contributed by atoms with Gasteiger partial charge >= 0.3 is 0 Å². The Balaban J connectivity index is 1.24. The number of nitrogens with zero attached hydrogens (tertiary/aromatic N) is 3. The Morgan fingerprint density at radius 1 is 1.00 bits per heavy atom. The molecule has 1 aliphatic carbocycles.